The molecule has 0 aliphatic carbocycles. The highest BCUT2D eigenvalue weighted by atomic mass is 16.5. The van der Waals surface area contributed by atoms with Crippen LogP contribution in [0.1, 0.15) is 19.4 Å². The van der Waals surface area contributed by atoms with Crippen molar-refractivity contribution in [3.8, 4) is 5.75 Å². The lowest BCUT2D eigenvalue weighted by Gasteiger charge is -2.36. The number of hydrogen-bond acceptors (Lipinski definition) is 14. The molecule has 0 saturated carbocycles. The number of esters is 3. The van der Waals surface area contributed by atoms with E-state index in [2.05, 4.69) is 0 Å². The molecule has 1 aromatic rings. The average Bonchev–Trinajstić information content (AvgIpc) is 3.08. The maximum absolute atomic E-state index is 12.7. The Hall–Kier alpha value is -3.34. The monoisotopic (exact) mass is 682 g/mol. The summed E-state index contributed by atoms with van der Waals surface area (Å²) in [5, 5.41) is 10.4. The molecule has 48 heavy (non-hydrogen) atoms. The standard InChI is InChI=1S/C33H54N4O11/c1-6-46-19-20-47-21-22-48-28-9-7-27(8-10-28)23-29(32(40)41)37-17-13-34(24-30(38)43-3)11-15-36(26(2)33(42)45-5)16-12-35(14-18-37)25-31(39)44-4/h7-10,26,29H,6,11-25H2,1-5H3,(H,40,41). The molecular weight excluding hydrogens is 628 g/mol. The van der Waals surface area contributed by atoms with E-state index in [9.17, 15) is 24.3 Å². The average molecular weight is 683 g/mol. The minimum atomic E-state index is -0.983. The lowest BCUT2D eigenvalue weighted by atomic mass is 10.0. The molecule has 0 bridgehead atoms. The van der Waals surface area contributed by atoms with Crippen molar-refractivity contribution in [2.45, 2.75) is 32.4 Å². The van der Waals surface area contributed by atoms with Crippen LogP contribution in [0.2, 0.25) is 0 Å². The van der Waals surface area contributed by atoms with Gasteiger partial charge >= 0.3 is 23.9 Å². The first-order chi connectivity index (χ1) is 23.1. The van der Waals surface area contributed by atoms with Crippen LogP contribution in [-0.4, -0.2) is 180 Å². The van der Waals surface area contributed by atoms with E-state index in [0.29, 0.717) is 91.1 Å². The zero-order valence-corrected chi connectivity index (χ0v) is 29.1. The molecule has 2 atom stereocenters. The number of carboxylic acid groups (broad SMARTS) is 1. The van der Waals surface area contributed by atoms with Crippen LogP contribution in [0.25, 0.3) is 0 Å². The predicted molar refractivity (Wildman–Crippen MR) is 176 cm³/mol. The number of nitrogens with zero attached hydrogens (tertiary/aromatic N) is 4. The van der Waals surface area contributed by atoms with Crippen LogP contribution < -0.4 is 4.74 Å². The van der Waals surface area contributed by atoms with Gasteiger partial charge in [-0.25, -0.2) is 0 Å². The number of ether oxygens (including phenoxy) is 6. The van der Waals surface area contributed by atoms with E-state index in [-0.39, 0.29) is 19.5 Å². The SMILES string of the molecule is CCOCCOCCOc1ccc(CC(C(=O)O)N2CCN(CC(=O)OC)CCN(C(C)C(=O)OC)CCN(CC(=O)OC)CC2)cc1. The number of carbonyl (C=O) groups is 4. The van der Waals surface area contributed by atoms with Gasteiger partial charge in [0.1, 0.15) is 24.4 Å². The minimum Gasteiger partial charge on any atom is -0.491 e. The Balaban J connectivity index is 2.22. The number of aliphatic carboxylic acids is 1. The third kappa shape index (κ3) is 15.3. The second kappa shape index (κ2) is 23.1. The molecule has 2 unspecified atom stereocenters. The van der Waals surface area contributed by atoms with Crippen molar-refractivity contribution >= 4 is 23.9 Å². The molecule has 0 radical (unpaired) electrons. The first-order valence-electron chi connectivity index (χ1n) is 16.4. The third-order valence-corrected chi connectivity index (χ3v) is 8.22. The van der Waals surface area contributed by atoms with E-state index in [1.165, 1.54) is 21.3 Å². The highest BCUT2D eigenvalue weighted by Gasteiger charge is 2.29. The maximum Gasteiger partial charge on any atom is 0.322 e. The quantitative estimate of drug-likeness (QED) is 0.128. The lowest BCUT2D eigenvalue weighted by Crippen LogP contribution is -2.53. The summed E-state index contributed by atoms with van der Waals surface area (Å²) in [5.74, 6) is -1.56. The van der Waals surface area contributed by atoms with Gasteiger partial charge in [-0.1, -0.05) is 12.1 Å². The van der Waals surface area contributed by atoms with Gasteiger partial charge in [0.15, 0.2) is 0 Å². The van der Waals surface area contributed by atoms with Gasteiger partial charge in [-0.2, -0.15) is 0 Å². The Morgan fingerprint density at radius 1 is 0.708 bits per heavy atom. The Labute approximate surface area is 283 Å². The summed E-state index contributed by atoms with van der Waals surface area (Å²) < 4.78 is 31.3. The molecule has 15 nitrogen and oxygen atoms in total. The van der Waals surface area contributed by atoms with Crippen LogP contribution >= 0.6 is 0 Å². The van der Waals surface area contributed by atoms with Crippen molar-refractivity contribution in [1.29, 1.82) is 0 Å². The highest BCUT2D eigenvalue weighted by Crippen LogP contribution is 2.17. The summed E-state index contributed by atoms with van der Waals surface area (Å²) >= 11 is 0. The minimum absolute atomic E-state index is 0.00993. The largest absolute Gasteiger partial charge is 0.491 e. The third-order valence-electron chi connectivity index (χ3n) is 8.22. The lowest BCUT2D eigenvalue weighted by molar-refractivity contribution is -0.147. The topological polar surface area (TPSA) is 157 Å². The van der Waals surface area contributed by atoms with Gasteiger partial charge in [0.05, 0.1) is 54.2 Å². The molecular formula is C33H54N4O11. The van der Waals surface area contributed by atoms with Crippen molar-refractivity contribution in [3.05, 3.63) is 29.8 Å². The first-order valence-corrected chi connectivity index (χ1v) is 16.4. The summed E-state index contributed by atoms with van der Waals surface area (Å²) in [6.45, 7) is 9.26. The fraction of sp³-hybridized carbons (Fsp3) is 0.697. The van der Waals surface area contributed by atoms with Crippen LogP contribution in [0.3, 0.4) is 0 Å². The van der Waals surface area contributed by atoms with Crippen molar-refractivity contribution in [3.63, 3.8) is 0 Å². The van der Waals surface area contributed by atoms with Crippen molar-refractivity contribution in [2.24, 2.45) is 0 Å². The maximum atomic E-state index is 12.7. The molecule has 0 spiro atoms. The van der Waals surface area contributed by atoms with Crippen molar-refractivity contribution in [1.82, 2.24) is 19.6 Å². The van der Waals surface area contributed by atoms with Crippen molar-refractivity contribution < 1.29 is 52.7 Å². The van der Waals surface area contributed by atoms with Gasteiger partial charge in [0, 0.05) is 59.0 Å². The summed E-state index contributed by atoms with van der Waals surface area (Å²) in [5.41, 5.74) is 0.819. The van der Waals surface area contributed by atoms with Crippen LogP contribution in [0.15, 0.2) is 24.3 Å². The van der Waals surface area contributed by atoms with Gasteiger partial charge in [0.25, 0.3) is 0 Å². The molecule has 15 heteroatoms. The smallest absolute Gasteiger partial charge is 0.322 e. The van der Waals surface area contributed by atoms with E-state index in [1.54, 1.807) is 6.92 Å². The van der Waals surface area contributed by atoms with E-state index in [1.807, 2.05) is 50.8 Å². The summed E-state index contributed by atoms with van der Waals surface area (Å²) in [4.78, 5) is 57.4. The second-order valence-electron chi connectivity index (χ2n) is 11.3. The molecule has 272 valence electrons. The predicted octanol–water partition coefficient (Wildman–Crippen LogP) is 0.243. The number of rotatable bonds is 18. The number of hydrogen-bond donors (Lipinski definition) is 1. The second-order valence-corrected chi connectivity index (χ2v) is 11.3. The van der Waals surface area contributed by atoms with E-state index in [0.717, 1.165) is 5.56 Å². The summed E-state index contributed by atoms with van der Waals surface area (Å²) in [7, 11) is 3.98. The fourth-order valence-corrected chi connectivity index (χ4v) is 5.26. The number of carboxylic acids is 1. The number of carbonyl (C=O) groups excluding carboxylic acids is 3. The molecule has 1 N–H and O–H groups in total. The molecule has 2 rings (SSSR count). The fourth-order valence-electron chi connectivity index (χ4n) is 5.26. The summed E-state index contributed by atoms with van der Waals surface area (Å²) in [6.07, 6.45) is 0.231. The molecule has 1 heterocycles. The van der Waals surface area contributed by atoms with E-state index >= 15 is 0 Å². The highest BCUT2D eigenvalue weighted by molar-refractivity contribution is 5.75. The van der Waals surface area contributed by atoms with Gasteiger partial charge in [0.2, 0.25) is 0 Å². The Morgan fingerprint density at radius 2 is 1.21 bits per heavy atom. The number of benzene rings is 1. The molecule has 1 fully saturated rings. The van der Waals surface area contributed by atoms with Crippen LogP contribution in [0.4, 0.5) is 0 Å². The Bertz CT molecular complexity index is 1070. The molecule has 0 amide bonds. The molecule has 1 aliphatic heterocycles. The first kappa shape index (κ1) is 40.8. The Morgan fingerprint density at radius 3 is 1.69 bits per heavy atom. The molecule has 1 aliphatic rings. The van der Waals surface area contributed by atoms with Crippen LogP contribution in [0.5, 0.6) is 5.75 Å². The Kier molecular flexibility index (Phi) is 19.6. The van der Waals surface area contributed by atoms with Crippen LogP contribution in [-0.2, 0) is 49.3 Å². The normalized spacial score (nSPS) is 17.4. The van der Waals surface area contributed by atoms with Crippen molar-refractivity contribution in [2.75, 3.05) is 120 Å². The van der Waals surface area contributed by atoms with Gasteiger partial charge in [-0.3, -0.25) is 38.8 Å². The molecule has 1 saturated heterocycles. The van der Waals surface area contributed by atoms with Gasteiger partial charge in [-0.05, 0) is 38.0 Å². The van der Waals surface area contributed by atoms with Gasteiger partial charge in [-0.15, -0.1) is 0 Å². The van der Waals surface area contributed by atoms with Crippen LogP contribution in [0, 0.1) is 0 Å². The van der Waals surface area contributed by atoms with Gasteiger partial charge < -0.3 is 33.5 Å². The summed E-state index contributed by atoms with van der Waals surface area (Å²) in [6, 6.07) is 5.88. The number of methoxy groups -OCH3 is 3. The van der Waals surface area contributed by atoms with E-state index in [4.69, 9.17) is 28.4 Å². The zero-order chi connectivity index (χ0) is 35.3. The molecule has 1 aromatic carbocycles. The van der Waals surface area contributed by atoms with E-state index < -0.39 is 36.0 Å². The molecule has 0 aromatic heterocycles. The zero-order valence-electron chi connectivity index (χ0n) is 29.1.